The normalized spacial score (nSPS) is 16.7. The number of halogens is 1. The Morgan fingerprint density at radius 1 is 1.10 bits per heavy atom. The second-order valence-electron chi connectivity index (χ2n) is 6.72. The van der Waals surface area contributed by atoms with E-state index in [0.717, 1.165) is 42.0 Å². The molecule has 1 atom stereocenters. The van der Waals surface area contributed by atoms with Crippen molar-refractivity contribution in [2.24, 2.45) is 0 Å². The van der Waals surface area contributed by atoms with Gasteiger partial charge in [-0.25, -0.2) is 0 Å². The van der Waals surface area contributed by atoms with E-state index in [1.165, 1.54) is 16.4 Å². The summed E-state index contributed by atoms with van der Waals surface area (Å²) < 4.78 is 7.34. The highest BCUT2D eigenvalue weighted by Gasteiger charge is 2.20. The van der Waals surface area contributed by atoms with Crippen molar-refractivity contribution in [3.63, 3.8) is 0 Å². The minimum Gasteiger partial charge on any atom is -0.367 e. The van der Waals surface area contributed by atoms with Crippen LogP contribution in [0.4, 0.5) is 0 Å². The largest absolute Gasteiger partial charge is 0.367 e. The molecule has 4 nitrogen and oxygen atoms in total. The zero-order chi connectivity index (χ0) is 20.1. The van der Waals surface area contributed by atoms with Gasteiger partial charge in [0.25, 0.3) is 5.56 Å². The van der Waals surface area contributed by atoms with Gasteiger partial charge in [0.05, 0.1) is 16.8 Å². The molecule has 0 bridgehead atoms. The van der Waals surface area contributed by atoms with Crippen LogP contribution in [0.15, 0.2) is 75.4 Å². The number of hydrogen-bond acceptors (Lipinski definition) is 5. The molecule has 0 N–H and O–H groups in total. The smallest absolute Gasteiger partial charge is 0.286 e. The molecule has 0 spiro atoms. The van der Waals surface area contributed by atoms with E-state index in [1.54, 1.807) is 18.0 Å². The Bertz CT molecular complexity index is 1000. The molecule has 150 valence electrons. The fraction of sp³-hybridized carbons (Fsp3) is 0.273. The molecule has 0 saturated carbocycles. The summed E-state index contributed by atoms with van der Waals surface area (Å²) in [5.41, 5.74) is 1.85. The Hall–Kier alpha value is -1.73. The summed E-state index contributed by atoms with van der Waals surface area (Å²) in [7, 11) is 0. The van der Waals surface area contributed by atoms with Crippen LogP contribution >= 0.6 is 35.1 Å². The molecule has 1 aliphatic heterocycles. The lowest BCUT2D eigenvalue weighted by atomic mass is 10.2. The zero-order valence-corrected chi connectivity index (χ0v) is 18.2. The second-order valence-corrected chi connectivity index (χ2v) is 9.34. The van der Waals surface area contributed by atoms with Crippen LogP contribution < -0.4 is 5.56 Å². The maximum atomic E-state index is 13.3. The molecule has 0 unspecified atom stereocenters. The summed E-state index contributed by atoms with van der Waals surface area (Å²) >= 11 is 9.13. The molecule has 0 aliphatic carbocycles. The quantitative estimate of drug-likeness (QED) is 0.450. The number of thioether (sulfide) groups is 2. The summed E-state index contributed by atoms with van der Waals surface area (Å²) in [4.78, 5) is 14.9. The van der Waals surface area contributed by atoms with Crippen molar-refractivity contribution in [2.45, 2.75) is 40.2 Å². The molecule has 1 fully saturated rings. The fourth-order valence-corrected chi connectivity index (χ4v) is 5.46. The van der Waals surface area contributed by atoms with Crippen LogP contribution in [0.2, 0.25) is 5.02 Å². The summed E-state index contributed by atoms with van der Waals surface area (Å²) in [6.07, 6.45) is 5.04. The van der Waals surface area contributed by atoms with Crippen molar-refractivity contribution in [3.05, 3.63) is 81.7 Å². The molecule has 7 heteroatoms. The Morgan fingerprint density at radius 3 is 2.62 bits per heavy atom. The van der Waals surface area contributed by atoms with E-state index in [-0.39, 0.29) is 11.0 Å². The number of rotatable bonds is 6. The predicted octanol–water partition coefficient (Wildman–Crippen LogP) is 5.80. The summed E-state index contributed by atoms with van der Waals surface area (Å²) in [5.74, 6) is 0.685. The van der Waals surface area contributed by atoms with Crippen LogP contribution in [0.5, 0.6) is 0 Å². The van der Waals surface area contributed by atoms with Gasteiger partial charge in [-0.3, -0.25) is 4.79 Å². The zero-order valence-electron chi connectivity index (χ0n) is 15.8. The third-order valence-corrected chi connectivity index (χ3v) is 7.33. The topological polar surface area (TPSA) is 44.1 Å². The molecule has 1 saturated heterocycles. The van der Waals surface area contributed by atoms with Crippen LogP contribution in [-0.2, 0) is 10.5 Å². The number of aromatic nitrogens is 2. The van der Waals surface area contributed by atoms with Gasteiger partial charge in [-0.05, 0) is 49.1 Å². The van der Waals surface area contributed by atoms with Gasteiger partial charge in [0, 0.05) is 22.3 Å². The highest BCUT2D eigenvalue weighted by atomic mass is 35.5. The molecule has 2 aromatic carbocycles. The standard InChI is InChI=1S/C22H21ClN2O2S2/c23-17-11-9-16(10-12-17)15-28-21-19(29-20-8-4-5-13-27-20)14-24-25(22(21)26)18-6-2-1-3-7-18/h1-3,6-7,9-12,14,20H,4-5,8,13,15H2/t20-/m0/s1. The van der Waals surface area contributed by atoms with E-state index in [1.807, 2.05) is 54.6 Å². The van der Waals surface area contributed by atoms with E-state index in [0.29, 0.717) is 15.7 Å². The molecule has 29 heavy (non-hydrogen) atoms. The molecular formula is C22H21ClN2O2S2. The minimum absolute atomic E-state index is 0.0763. The number of ether oxygens (including phenoxy) is 1. The van der Waals surface area contributed by atoms with Gasteiger partial charge >= 0.3 is 0 Å². The minimum atomic E-state index is -0.101. The predicted molar refractivity (Wildman–Crippen MR) is 120 cm³/mol. The first-order chi connectivity index (χ1) is 14.2. The number of benzene rings is 2. The van der Waals surface area contributed by atoms with E-state index in [2.05, 4.69) is 5.10 Å². The fourth-order valence-electron chi connectivity index (χ4n) is 3.07. The highest BCUT2D eigenvalue weighted by Crippen LogP contribution is 2.35. The molecule has 0 amide bonds. The first-order valence-electron chi connectivity index (χ1n) is 9.54. The summed E-state index contributed by atoms with van der Waals surface area (Å²) in [5, 5.41) is 5.15. The average molecular weight is 445 g/mol. The van der Waals surface area contributed by atoms with Gasteiger partial charge in [0.2, 0.25) is 0 Å². The lowest BCUT2D eigenvalue weighted by molar-refractivity contribution is 0.0727. The van der Waals surface area contributed by atoms with E-state index < -0.39 is 0 Å². The maximum Gasteiger partial charge on any atom is 0.286 e. The Morgan fingerprint density at radius 2 is 1.90 bits per heavy atom. The molecule has 1 aliphatic rings. The monoisotopic (exact) mass is 444 g/mol. The third kappa shape index (κ3) is 5.25. The van der Waals surface area contributed by atoms with Gasteiger partial charge in [0.1, 0.15) is 5.44 Å². The third-order valence-electron chi connectivity index (χ3n) is 4.59. The van der Waals surface area contributed by atoms with Crippen LogP contribution in [-0.4, -0.2) is 21.8 Å². The first-order valence-corrected chi connectivity index (χ1v) is 11.8. The van der Waals surface area contributed by atoms with Crippen molar-refractivity contribution in [3.8, 4) is 5.69 Å². The Labute approximate surface area is 183 Å². The molecular weight excluding hydrogens is 424 g/mol. The van der Waals surface area contributed by atoms with Gasteiger partial charge in [-0.15, -0.1) is 11.8 Å². The van der Waals surface area contributed by atoms with Gasteiger partial charge in [-0.1, -0.05) is 53.7 Å². The molecule has 3 aromatic rings. The summed E-state index contributed by atoms with van der Waals surface area (Å²) in [6, 6.07) is 17.2. The number of para-hydroxylation sites is 1. The van der Waals surface area contributed by atoms with E-state index in [4.69, 9.17) is 16.3 Å². The van der Waals surface area contributed by atoms with E-state index >= 15 is 0 Å². The maximum absolute atomic E-state index is 13.3. The lowest BCUT2D eigenvalue weighted by Gasteiger charge is -2.22. The molecule has 4 rings (SSSR count). The van der Waals surface area contributed by atoms with Crippen molar-refractivity contribution >= 4 is 35.1 Å². The van der Waals surface area contributed by atoms with Crippen LogP contribution in [0.25, 0.3) is 5.69 Å². The lowest BCUT2D eigenvalue weighted by Crippen LogP contribution is -2.24. The SMILES string of the molecule is O=c1c(SCc2ccc(Cl)cc2)c(S[C@H]2CCCCO2)cnn1-c1ccccc1. The summed E-state index contributed by atoms with van der Waals surface area (Å²) in [6.45, 7) is 0.777. The average Bonchev–Trinajstić information content (AvgIpc) is 2.76. The molecule has 2 heterocycles. The van der Waals surface area contributed by atoms with Crippen molar-refractivity contribution in [1.29, 1.82) is 0 Å². The van der Waals surface area contributed by atoms with Crippen molar-refractivity contribution in [2.75, 3.05) is 6.61 Å². The van der Waals surface area contributed by atoms with Crippen LogP contribution in [0, 0.1) is 0 Å². The first kappa shape index (κ1) is 20.5. The van der Waals surface area contributed by atoms with Gasteiger partial charge < -0.3 is 4.74 Å². The van der Waals surface area contributed by atoms with Crippen LogP contribution in [0.3, 0.4) is 0 Å². The molecule has 0 radical (unpaired) electrons. The van der Waals surface area contributed by atoms with E-state index in [9.17, 15) is 4.79 Å². The van der Waals surface area contributed by atoms with Gasteiger partial charge in [-0.2, -0.15) is 9.78 Å². The second kappa shape index (κ2) is 9.85. The van der Waals surface area contributed by atoms with Crippen LogP contribution in [0.1, 0.15) is 24.8 Å². The Balaban J connectivity index is 1.65. The van der Waals surface area contributed by atoms with Crippen molar-refractivity contribution in [1.82, 2.24) is 9.78 Å². The van der Waals surface area contributed by atoms with Crippen molar-refractivity contribution < 1.29 is 4.74 Å². The number of nitrogens with zero attached hydrogens (tertiary/aromatic N) is 2. The highest BCUT2D eigenvalue weighted by molar-refractivity contribution is 8.02. The number of hydrogen-bond donors (Lipinski definition) is 0. The Kier molecular flexibility index (Phi) is 6.98. The van der Waals surface area contributed by atoms with Gasteiger partial charge in [0.15, 0.2) is 0 Å². The molecule has 1 aromatic heterocycles.